The van der Waals surface area contributed by atoms with Gasteiger partial charge in [-0.2, -0.15) is 0 Å². The number of anilines is 2. The second-order valence-electron chi connectivity index (χ2n) is 5.32. The van der Waals surface area contributed by atoms with E-state index in [2.05, 4.69) is 10.3 Å². The van der Waals surface area contributed by atoms with Gasteiger partial charge in [-0.25, -0.2) is 8.42 Å². The van der Waals surface area contributed by atoms with E-state index in [1.165, 1.54) is 22.6 Å². The van der Waals surface area contributed by atoms with E-state index in [0.29, 0.717) is 29.9 Å². The SMILES string of the molecule is CS(=O)(=O)N1CCc2ccc(NC(=O)c3ccc(=O)[nH]c3)cc21. The first-order valence-electron chi connectivity index (χ1n) is 6.95. The molecular weight excluding hydrogens is 318 g/mol. The van der Waals surface area contributed by atoms with Crippen LogP contribution in [0.4, 0.5) is 11.4 Å². The molecular formula is C15H15N3O4S. The molecule has 0 aliphatic carbocycles. The number of nitrogens with zero attached hydrogens (tertiary/aromatic N) is 1. The van der Waals surface area contributed by atoms with Crippen LogP contribution in [0.15, 0.2) is 41.3 Å². The number of nitrogens with one attached hydrogen (secondary N) is 2. The van der Waals surface area contributed by atoms with Gasteiger partial charge < -0.3 is 10.3 Å². The van der Waals surface area contributed by atoms with E-state index in [0.717, 1.165) is 11.8 Å². The zero-order valence-corrected chi connectivity index (χ0v) is 13.2. The molecule has 0 atom stereocenters. The Labute approximate surface area is 133 Å². The van der Waals surface area contributed by atoms with Crippen LogP contribution in [-0.2, 0) is 16.4 Å². The zero-order chi connectivity index (χ0) is 16.6. The Balaban J connectivity index is 1.86. The van der Waals surface area contributed by atoms with E-state index in [4.69, 9.17) is 0 Å². The van der Waals surface area contributed by atoms with Crippen molar-refractivity contribution in [3.63, 3.8) is 0 Å². The number of carbonyl (C=O) groups is 1. The highest BCUT2D eigenvalue weighted by molar-refractivity contribution is 7.92. The number of benzene rings is 1. The maximum atomic E-state index is 12.1. The summed E-state index contributed by atoms with van der Waals surface area (Å²) < 4.78 is 24.9. The first-order chi connectivity index (χ1) is 10.8. The fourth-order valence-corrected chi connectivity index (χ4v) is 3.48. The zero-order valence-electron chi connectivity index (χ0n) is 12.4. The van der Waals surface area contributed by atoms with Gasteiger partial charge in [0.2, 0.25) is 15.6 Å². The fourth-order valence-electron chi connectivity index (χ4n) is 2.53. The maximum absolute atomic E-state index is 12.1. The molecule has 0 saturated carbocycles. The summed E-state index contributed by atoms with van der Waals surface area (Å²) in [6.45, 7) is 0.408. The minimum atomic E-state index is -3.34. The first-order valence-corrected chi connectivity index (χ1v) is 8.80. The molecule has 0 bridgehead atoms. The van der Waals surface area contributed by atoms with Crippen LogP contribution in [0.2, 0.25) is 0 Å². The van der Waals surface area contributed by atoms with Gasteiger partial charge in [-0.15, -0.1) is 0 Å². The van der Waals surface area contributed by atoms with Crippen LogP contribution in [0.25, 0.3) is 0 Å². The summed E-state index contributed by atoms with van der Waals surface area (Å²) in [5.41, 5.74) is 2.03. The van der Waals surface area contributed by atoms with E-state index >= 15 is 0 Å². The van der Waals surface area contributed by atoms with Crippen molar-refractivity contribution in [2.45, 2.75) is 6.42 Å². The second-order valence-corrected chi connectivity index (χ2v) is 7.23. The van der Waals surface area contributed by atoms with Crippen molar-refractivity contribution >= 4 is 27.3 Å². The highest BCUT2D eigenvalue weighted by atomic mass is 32.2. The molecule has 1 aromatic carbocycles. The molecule has 0 unspecified atom stereocenters. The van der Waals surface area contributed by atoms with Gasteiger partial charge in [-0.1, -0.05) is 6.07 Å². The number of sulfonamides is 1. The van der Waals surface area contributed by atoms with E-state index in [1.54, 1.807) is 12.1 Å². The average molecular weight is 333 g/mol. The predicted molar refractivity (Wildman–Crippen MR) is 87.4 cm³/mol. The highest BCUT2D eigenvalue weighted by Crippen LogP contribution is 2.32. The van der Waals surface area contributed by atoms with Crippen LogP contribution >= 0.6 is 0 Å². The van der Waals surface area contributed by atoms with Crippen LogP contribution in [-0.4, -0.2) is 32.1 Å². The number of aromatic nitrogens is 1. The lowest BCUT2D eigenvalue weighted by Crippen LogP contribution is -2.27. The Morgan fingerprint density at radius 1 is 1.26 bits per heavy atom. The number of amides is 1. The van der Waals surface area contributed by atoms with Crippen LogP contribution in [0.3, 0.4) is 0 Å². The average Bonchev–Trinajstić information content (AvgIpc) is 2.91. The quantitative estimate of drug-likeness (QED) is 0.873. The number of hydrogen-bond donors (Lipinski definition) is 2. The number of fused-ring (bicyclic) bond motifs is 1. The molecule has 7 nitrogen and oxygen atoms in total. The molecule has 8 heteroatoms. The van der Waals surface area contributed by atoms with Gasteiger partial charge in [0.1, 0.15) is 0 Å². The smallest absolute Gasteiger partial charge is 0.257 e. The van der Waals surface area contributed by atoms with E-state index < -0.39 is 10.0 Å². The van der Waals surface area contributed by atoms with Crippen molar-refractivity contribution in [1.82, 2.24) is 4.98 Å². The van der Waals surface area contributed by atoms with Gasteiger partial charge in [-0.05, 0) is 30.2 Å². The van der Waals surface area contributed by atoms with Crippen molar-refractivity contribution in [3.8, 4) is 0 Å². The molecule has 23 heavy (non-hydrogen) atoms. The summed E-state index contributed by atoms with van der Waals surface area (Å²) in [6, 6.07) is 7.87. The Morgan fingerprint density at radius 3 is 2.70 bits per heavy atom. The van der Waals surface area contributed by atoms with Crippen LogP contribution in [0.5, 0.6) is 0 Å². The van der Waals surface area contributed by atoms with Crippen molar-refractivity contribution in [2.24, 2.45) is 0 Å². The summed E-state index contributed by atoms with van der Waals surface area (Å²) in [7, 11) is -3.34. The van der Waals surface area contributed by atoms with Crippen molar-refractivity contribution in [3.05, 3.63) is 58.0 Å². The normalized spacial score (nSPS) is 13.7. The Kier molecular flexibility index (Phi) is 3.69. The number of carbonyl (C=O) groups excluding carboxylic acids is 1. The first kappa shape index (κ1) is 15.3. The third-order valence-corrected chi connectivity index (χ3v) is 4.82. The maximum Gasteiger partial charge on any atom is 0.257 e. The summed E-state index contributed by atoms with van der Waals surface area (Å²) >= 11 is 0. The fraction of sp³-hybridized carbons (Fsp3) is 0.200. The molecule has 3 rings (SSSR count). The molecule has 1 aromatic heterocycles. The van der Waals surface area contributed by atoms with Gasteiger partial charge in [0.05, 0.1) is 17.5 Å². The summed E-state index contributed by atoms with van der Waals surface area (Å²) in [6.07, 6.45) is 3.14. The largest absolute Gasteiger partial charge is 0.328 e. The molecule has 2 aromatic rings. The van der Waals surface area contributed by atoms with Gasteiger partial charge in [0.25, 0.3) is 5.91 Å². The lowest BCUT2D eigenvalue weighted by molar-refractivity contribution is 0.102. The Hall–Kier alpha value is -2.61. The Morgan fingerprint density at radius 2 is 2.04 bits per heavy atom. The molecule has 0 fully saturated rings. The van der Waals surface area contributed by atoms with E-state index in [1.807, 2.05) is 6.07 Å². The number of rotatable bonds is 3. The molecule has 2 heterocycles. The van der Waals surface area contributed by atoms with Crippen molar-refractivity contribution in [1.29, 1.82) is 0 Å². The number of aromatic amines is 1. The van der Waals surface area contributed by atoms with Gasteiger partial charge in [0.15, 0.2) is 0 Å². The molecule has 1 amide bonds. The third kappa shape index (κ3) is 3.11. The molecule has 0 spiro atoms. The summed E-state index contributed by atoms with van der Waals surface area (Å²) in [5, 5.41) is 2.70. The minimum Gasteiger partial charge on any atom is -0.328 e. The van der Waals surface area contributed by atoms with E-state index in [9.17, 15) is 18.0 Å². The number of hydrogen-bond acceptors (Lipinski definition) is 4. The topological polar surface area (TPSA) is 99.3 Å². The summed E-state index contributed by atoms with van der Waals surface area (Å²) in [5.74, 6) is -0.384. The Bertz CT molecular complexity index is 913. The van der Waals surface area contributed by atoms with Crippen molar-refractivity contribution < 1.29 is 13.2 Å². The molecule has 120 valence electrons. The third-order valence-electron chi connectivity index (χ3n) is 3.64. The van der Waals surface area contributed by atoms with Crippen molar-refractivity contribution in [2.75, 3.05) is 22.4 Å². The molecule has 1 aliphatic rings. The monoisotopic (exact) mass is 333 g/mol. The standard InChI is InChI=1S/C15H15N3O4S/c1-23(21,22)18-7-6-10-2-4-12(8-13(10)18)17-15(20)11-3-5-14(19)16-9-11/h2-5,8-9H,6-7H2,1H3,(H,16,19)(H,17,20). The van der Waals surface area contributed by atoms with Gasteiger partial charge in [-0.3, -0.25) is 13.9 Å². The highest BCUT2D eigenvalue weighted by Gasteiger charge is 2.26. The van der Waals surface area contributed by atoms with E-state index in [-0.39, 0.29) is 11.5 Å². The van der Waals surface area contributed by atoms with Crippen LogP contribution in [0, 0.1) is 0 Å². The van der Waals surface area contributed by atoms with Gasteiger partial charge >= 0.3 is 0 Å². The molecule has 0 radical (unpaired) electrons. The molecule has 2 N–H and O–H groups in total. The minimum absolute atomic E-state index is 0.289. The lowest BCUT2D eigenvalue weighted by Gasteiger charge is -2.17. The number of pyridine rings is 1. The lowest BCUT2D eigenvalue weighted by atomic mass is 10.1. The molecule has 1 aliphatic heterocycles. The predicted octanol–water partition coefficient (Wildman–Crippen LogP) is 0.949. The van der Waals surface area contributed by atoms with Gasteiger partial charge in [0, 0.05) is 24.5 Å². The summed E-state index contributed by atoms with van der Waals surface area (Å²) in [4.78, 5) is 25.6. The van der Waals surface area contributed by atoms with Crippen LogP contribution in [0.1, 0.15) is 15.9 Å². The molecule has 0 saturated heterocycles. The second kappa shape index (κ2) is 5.54. The van der Waals surface area contributed by atoms with Crippen LogP contribution < -0.4 is 15.2 Å². The number of H-pyrrole nitrogens is 1.